The summed E-state index contributed by atoms with van der Waals surface area (Å²) in [4.78, 5) is 16.3. The Balaban J connectivity index is 2.20. The van der Waals surface area contributed by atoms with Crippen molar-refractivity contribution < 1.29 is 4.79 Å². The number of carbonyl (C=O) groups excluding carboxylic acids is 1. The summed E-state index contributed by atoms with van der Waals surface area (Å²) in [6.45, 7) is 1.86. The van der Waals surface area contributed by atoms with Crippen LogP contribution in [0.5, 0.6) is 0 Å². The number of aromatic nitrogens is 1. The number of benzene rings is 1. The molecule has 1 amide bonds. The lowest BCUT2D eigenvalue weighted by atomic mass is 10.2. The maximum Gasteiger partial charge on any atom is 0.256 e. The molecule has 0 fully saturated rings. The van der Waals surface area contributed by atoms with Crippen LogP contribution in [0.25, 0.3) is 0 Å². The highest BCUT2D eigenvalue weighted by Crippen LogP contribution is 2.21. The second-order valence-electron chi connectivity index (χ2n) is 3.95. The topological polar surface area (TPSA) is 68.0 Å². The maximum absolute atomic E-state index is 12.0. The van der Waals surface area contributed by atoms with Crippen LogP contribution in [0.3, 0.4) is 0 Å². The summed E-state index contributed by atoms with van der Waals surface area (Å²) in [5, 5.41) is 2.73. The summed E-state index contributed by atoms with van der Waals surface area (Å²) in [5.41, 5.74) is 7.57. The van der Waals surface area contributed by atoms with E-state index in [9.17, 15) is 4.79 Å². The van der Waals surface area contributed by atoms with Crippen molar-refractivity contribution in [2.75, 3.05) is 11.1 Å². The van der Waals surface area contributed by atoms with E-state index in [0.717, 1.165) is 14.6 Å². The summed E-state index contributed by atoms with van der Waals surface area (Å²) >= 11 is 6.65. The van der Waals surface area contributed by atoms with Crippen LogP contribution in [0.2, 0.25) is 0 Å². The maximum atomic E-state index is 12.0. The molecular formula is C13H11Br2N3O. The number of nitrogens with zero attached hydrogens (tertiary/aromatic N) is 1. The molecule has 1 heterocycles. The van der Waals surface area contributed by atoms with Crippen LogP contribution in [0, 0.1) is 6.92 Å². The number of anilines is 2. The van der Waals surface area contributed by atoms with E-state index in [0.29, 0.717) is 17.1 Å². The monoisotopic (exact) mass is 383 g/mol. The number of hydrogen-bond donors (Lipinski definition) is 2. The van der Waals surface area contributed by atoms with Crippen molar-refractivity contribution in [2.45, 2.75) is 6.92 Å². The Morgan fingerprint density at radius 2 is 1.89 bits per heavy atom. The van der Waals surface area contributed by atoms with E-state index in [1.54, 1.807) is 24.3 Å². The van der Waals surface area contributed by atoms with Gasteiger partial charge in [0.25, 0.3) is 5.91 Å². The van der Waals surface area contributed by atoms with E-state index in [4.69, 9.17) is 5.73 Å². The molecule has 6 heteroatoms. The van der Waals surface area contributed by atoms with Gasteiger partial charge in [-0.1, -0.05) is 0 Å². The summed E-state index contributed by atoms with van der Waals surface area (Å²) in [7, 11) is 0. The number of nitrogens with one attached hydrogen (secondary N) is 1. The predicted molar refractivity (Wildman–Crippen MR) is 83.2 cm³/mol. The van der Waals surface area contributed by atoms with Crippen LogP contribution in [-0.2, 0) is 0 Å². The molecule has 0 spiro atoms. The van der Waals surface area contributed by atoms with E-state index in [-0.39, 0.29) is 5.91 Å². The molecule has 1 aromatic heterocycles. The highest BCUT2D eigenvalue weighted by molar-refractivity contribution is 9.10. The molecule has 3 N–H and O–H groups in total. The minimum absolute atomic E-state index is 0.242. The Labute approximate surface area is 127 Å². The Kier molecular flexibility index (Phi) is 4.21. The number of pyridine rings is 1. The molecule has 2 aromatic rings. The van der Waals surface area contributed by atoms with E-state index in [2.05, 4.69) is 42.2 Å². The zero-order chi connectivity index (χ0) is 14.0. The zero-order valence-corrected chi connectivity index (χ0v) is 13.2. The van der Waals surface area contributed by atoms with Gasteiger partial charge in [0.15, 0.2) is 0 Å². The number of hydrogen-bond acceptors (Lipinski definition) is 3. The van der Waals surface area contributed by atoms with Crippen molar-refractivity contribution in [3.63, 3.8) is 0 Å². The average molecular weight is 385 g/mol. The van der Waals surface area contributed by atoms with Crippen LogP contribution in [-0.4, -0.2) is 10.9 Å². The van der Waals surface area contributed by atoms with Crippen molar-refractivity contribution >= 4 is 49.3 Å². The summed E-state index contributed by atoms with van der Waals surface area (Å²) < 4.78 is 1.67. The standard InChI is InChI=1S/C13H11Br2N3O/c1-7-9(14)4-5-12(17-7)18-13(19)8-2-3-10(15)11(16)6-8/h2-6H,16H2,1H3,(H,17,18,19). The number of halogens is 2. The molecule has 1 aromatic carbocycles. The van der Waals surface area contributed by atoms with Crippen LogP contribution in [0.4, 0.5) is 11.5 Å². The van der Waals surface area contributed by atoms with Crippen molar-refractivity contribution in [3.8, 4) is 0 Å². The molecule has 0 aliphatic carbocycles. The van der Waals surface area contributed by atoms with Gasteiger partial charge in [-0.25, -0.2) is 4.98 Å². The normalized spacial score (nSPS) is 10.3. The molecule has 4 nitrogen and oxygen atoms in total. The van der Waals surface area contributed by atoms with Gasteiger partial charge < -0.3 is 11.1 Å². The fraction of sp³-hybridized carbons (Fsp3) is 0.0769. The smallest absolute Gasteiger partial charge is 0.256 e. The summed E-state index contributed by atoms with van der Waals surface area (Å²) in [6.07, 6.45) is 0. The van der Waals surface area contributed by atoms with Gasteiger partial charge >= 0.3 is 0 Å². The fourth-order valence-corrected chi connectivity index (χ4v) is 1.95. The van der Waals surface area contributed by atoms with E-state index >= 15 is 0 Å². The molecule has 0 saturated carbocycles. The van der Waals surface area contributed by atoms with Gasteiger partial charge in [-0.2, -0.15) is 0 Å². The van der Waals surface area contributed by atoms with Crippen LogP contribution in [0.1, 0.15) is 16.1 Å². The second kappa shape index (κ2) is 5.71. The molecule has 0 aliphatic heterocycles. The third-order valence-electron chi connectivity index (χ3n) is 2.52. The van der Waals surface area contributed by atoms with Crippen molar-refractivity contribution in [2.24, 2.45) is 0 Å². The lowest BCUT2D eigenvalue weighted by Gasteiger charge is -2.07. The average Bonchev–Trinajstić information content (AvgIpc) is 2.37. The van der Waals surface area contributed by atoms with Gasteiger partial charge in [0.1, 0.15) is 5.82 Å². The minimum Gasteiger partial charge on any atom is -0.398 e. The third-order valence-corrected chi connectivity index (χ3v) is 4.08. The Morgan fingerprint density at radius 3 is 2.53 bits per heavy atom. The minimum atomic E-state index is -0.242. The Bertz CT molecular complexity index is 644. The molecular weight excluding hydrogens is 374 g/mol. The van der Waals surface area contributed by atoms with E-state index in [1.807, 2.05) is 13.0 Å². The predicted octanol–water partition coefficient (Wildman–Crippen LogP) is 3.75. The van der Waals surface area contributed by atoms with Gasteiger partial charge in [0.2, 0.25) is 0 Å². The summed E-state index contributed by atoms with van der Waals surface area (Å²) in [5.74, 6) is 0.264. The van der Waals surface area contributed by atoms with Crippen LogP contribution in [0.15, 0.2) is 39.3 Å². The first kappa shape index (κ1) is 14.0. The van der Waals surface area contributed by atoms with Crippen LogP contribution >= 0.6 is 31.9 Å². The first-order valence-electron chi connectivity index (χ1n) is 5.47. The quantitative estimate of drug-likeness (QED) is 0.774. The molecule has 19 heavy (non-hydrogen) atoms. The van der Waals surface area contributed by atoms with E-state index in [1.165, 1.54) is 0 Å². The van der Waals surface area contributed by atoms with Gasteiger partial charge in [-0.05, 0) is 69.1 Å². The number of rotatable bonds is 2. The van der Waals surface area contributed by atoms with Crippen molar-refractivity contribution in [1.82, 2.24) is 4.98 Å². The summed E-state index contributed by atoms with van der Waals surface area (Å²) in [6, 6.07) is 8.63. The fourth-order valence-electron chi connectivity index (χ4n) is 1.49. The highest BCUT2D eigenvalue weighted by Gasteiger charge is 2.09. The molecule has 0 bridgehead atoms. The number of aryl methyl sites for hydroxylation is 1. The Hall–Kier alpha value is -1.40. The Morgan fingerprint density at radius 1 is 1.21 bits per heavy atom. The van der Waals surface area contributed by atoms with Gasteiger partial charge in [0, 0.05) is 20.2 Å². The zero-order valence-electron chi connectivity index (χ0n) is 10.1. The number of amides is 1. The largest absolute Gasteiger partial charge is 0.398 e. The number of nitrogens with two attached hydrogens (primary N) is 1. The van der Waals surface area contributed by atoms with Gasteiger partial charge in [-0.15, -0.1) is 0 Å². The third kappa shape index (κ3) is 3.33. The highest BCUT2D eigenvalue weighted by atomic mass is 79.9. The molecule has 98 valence electrons. The van der Waals surface area contributed by atoms with Crippen molar-refractivity contribution in [3.05, 3.63) is 50.5 Å². The molecule has 0 unspecified atom stereocenters. The molecule has 0 radical (unpaired) electrons. The first-order valence-corrected chi connectivity index (χ1v) is 7.05. The first-order chi connectivity index (χ1) is 8.97. The second-order valence-corrected chi connectivity index (χ2v) is 5.66. The lowest BCUT2D eigenvalue weighted by Crippen LogP contribution is -2.13. The van der Waals surface area contributed by atoms with Gasteiger partial charge in [-0.3, -0.25) is 4.79 Å². The number of nitrogen functional groups attached to an aromatic ring is 1. The van der Waals surface area contributed by atoms with Crippen LogP contribution < -0.4 is 11.1 Å². The number of carbonyl (C=O) groups is 1. The SMILES string of the molecule is Cc1nc(NC(=O)c2ccc(Br)c(N)c2)ccc1Br. The van der Waals surface area contributed by atoms with E-state index < -0.39 is 0 Å². The van der Waals surface area contributed by atoms with Crippen molar-refractivity contribution in [1.29, 1.82) is 0 Å². The lowest BCUT2D eigenvalue weighted by molar-refractivity contribution is 0.102. The molecule has 0 aliphatic rings. The molecule has 0 atom stereocenters. The molecule has 2 rings (SSSR count). The molecule has 0 saturated heterocycles. The van der Waals surface area contributed by atoms with Gasteiger partial charge in [0.05, 0.1) is 5.69 Å².